The van der Waals surface area contributed by atoms with E-state index in [1.54, 1.807) is 6.07 Å². The molecule has 0 saturated heterocycles. The van der Waals surface area contributed by atoms with Crippen LogP contribution in [0.4, 0.5) is 0 Å². The van der Waals surface area contributed by atoms with Crippen LogP contribution in [-0.2, 0) is 5.21 Å². The molecule has 0 unspecified atom stereocenters. The molecule has 1 aromatic carbocycles. The molecular weight excluding hydrogens is 316 g/mol. The van der Waals surface area contributed by atoms with E-state index in [1.807, 2.05) is 59.8 Å². The topological polar surface area (TPSA) is 80.9 Å². The summed E-state index contributed by atoms with van der Waals surface area (Å²) in [6.07, 6.45) is 1.95. The number of aromatic nitrogens is 2. The fourth-order valence-corrected chi connectivity index (χ4v) is 3.46. The van der Waals surface area contributed by atoms with Gasteiger partial charge in [0.05, 0.1) is 22.2 Å². The number of nitrogens with one attached hydrogen (secondary N) is 2. The third-order valence-corrected chi connectivity index (χ3v) is 4.62. The Hall–Kier alpha value is -2.18. The second-order valence-corrected chi connectivity index (χ2v) is 7.98. The van der Waals surface area contributed by atoms with Crippen LogP contribution in [0.15, 0.2) is 24.3 Å². The van der Waals surface area contributed by atoms with E-state index in [2.05, 4.69) is 15.3 Å². The lowest BCUT2D eigenvalue weighted by Gasteiger charge is -2.33. The summed E-state index contributed by atoms with van der Waals surface area (Å²) in [6, 6.07) is 5.54. The number of benzene rings is 1. The average Bonchev–Trinajstić information content (AvgIpc) is 2.99. The molecule has 1 aliphatic heterocycles. The smallest absolute Gasteiger partial charge is 0.253 e. The molecule has 2 heterocycles. The summed E-state index contributed by atoms with van der Waals surface area (Å²) in [4.78, 5) is 20.4. The minimum Gasteiger partial charge on any atom is -0.350 e. The first-order valence-corrected chi connectivity index (χ1v) is 8.55. The van der Waals surface area contributed by atoms with Crippen molar-refractivity contribution >= 4 is 22.5 Å². The van der Waals surface area contributed by atoms with Crippen LogP contribution >= 0.6 is 0 Å². The van der Waals surface area contributed by atoms with Crippen LogP contribution in [0, 0.1) is 0 Å². The number of carbonyl (C=O) groups excluding carboxylic acids is 1. The summed E-state index contributed by atoms with van der Waals surface area (Å²) in [5, 5.41) is 16.6. The molecule has 133 valence electrons. The summed E-state index contributed by atoms with van der Waals surface area (Å²) >= 11 is 0. The number of para-hydroxylation sites is 1. The molecular formula is C19H25N4O2. The maximum absolute atomic E-state index is 12.6. The molecule has 1 amide bonds. The van der Waals surface area contributed by atoms with Gasteiger partial charge in [0.25, 0.3) is 5.91 Å². The Morgan fingerprint density at radius 2 is 1.92 bits per heavy atom. The van der Waals surface area contributed by atoms with E-state index in [-0.39, 0.29) is 11.9 Å². The van der Waals surface area contributed by atoms with Gasteiger partial charge in [0.1, 0.15) is 11.3 Å². The molecule has 2 N–H and O–H groups in total. The molecule has 1 aromatic heterocycles. The number of aromatic amines is 1. The monoisotopic (exact) mass is 341 g/mol. The van der Waals surface area contributed by atoms with Crippen LogP contribution in [0.5, 0.6) is 0 Å². The number of amides is 1. The number of fused-ring (bicyclic) bond motifs is 1. The number of nitrogens with zero attached hydrogens (tertiary/aromatic N) is 2. The lowest BCUT2D eigenvalue weighted by molar-refractivity contribution is -0.234. The first-order valence-electron chi connectivity index (χ1n) is 8.55. The van der Waals surface area contributed by atoms with Crippen LogP contribution in [0.3, 0.4) is 0 Å². The van der Waals surface area contributed by atoms with Gasteiger partial charge < -0.3 is 10.3 Å². The van der Waals surface area contributed by atoms with Gasteiger partial charge in [-0.2, -0.15) is 0 Å². The summed E-state index contributed by atoms with van der Waals surface area (Å²) < 4.78 is 0. The zero-order valence-electron chi connectivity index (χ0n) is 15.6. The van der Waals surface area contributed by atoms with Crippen molar-refractivity contribution in [3.63, 3.8) is 0 Å². The van der Waals surface area contributed by atoms with Crippen molar-refractivity contribution in [3.8, 4) is 0 Å². The van der Waals surface area contributed by atoms with Gasteiger partial charge in [-0.3, -0.25) is 4.79 Å². The number of H-pyrrole nitrogens is 1. The molecule has 0 atom stereocenters. The molecule has 1 aliphatic rings. The first kappa shape index (κ1) is 17.6. The lowest BCUT2D eigenvalue weighted by Crippen LogP contribution is -2.46. The molecule has 3 rings (SSSR count). The number of hydroxylamine groups is 2. The van der Waals surface area contributed by atoms with Crippen molar-refractivity contribution in [3.05, 3.63) is 35.7 Å². The molecule has 1 radical (unpaired) electrons. The molecule has 2 aromatic rings. The Balaban J connectivity index is 2.10. The fraction of sp³-hybridized carbons (Fsp3) is 0.474. The van der Waals surface area contributed by atoms with Crippen molar-refractivity contribution in [2.24, 2.45) is 0 Å². The maximum Gasteiger partial charge on any atom is 0.253 e. The van der Waals surface area contributed by atoms with Gasteiger partial charge >= 0.3 is 0 Å². The second-order valence-electron chi connectivity index (χ2n) is 7.98. The largest absolute Gasteiger partial charge is 0.350 e. The Bertz CT molecular complexity index is 861. The Morgan fingerprint density at radius 3 is 2.48 bits per heavy atom. The number of rotatable bonds is 3. The Morgan fingerprint density at radius 1 is 1.24 bits per heavy atom. The highest BCUT2D eigenvalue weighted by Gasteiger charge is 2.47. The number of carbonyl (C=O) groups is 1. The summed E-state index contributed by atoms with van der Waals surface area (Å²) in [7, 11) is 0. The minimum absolute atomic E-state index is 0.0486. The summed E-state index contributed by atoms with van der Waals surface area (Å²) in [5.41, 5.74) is 1.48. The van der Waals surface area contributed by atoms with E-state index in [9.17, 15) is 10.0 Å². The standard InChI is InChI=1S/C19H25N4O2/c1-11(2)20-17(24)12-8-7-9-14-15(12)22-16(21-14)13-10-18(3,4)23(25)19(13,5)6/h7-11H,1-6H3,(H,20,24)(H,21,22). The van der Waals surface area contributed by atoms with E-state index in [1.165, 1.54) is 0 Å². The highest BCUT2D eigenvalue weighted by molar-refractivity contribution is 6.05. The van der Waals surface area contributed by atoms with Gasteiger partial charge in [-0.25, -0.2) is 4.98 Å². The number of hydrogen-bond donors (Lipinski definition) is 2. The molecule has 0 aliphatic carbocycles. The van der Waals surface area contributed by atoms with Gasteiger partial charge in [0.2, 0.25) is 0 Å². The third-order valence-electron chi connectivity index (χ3n) is 4.62. The van der Waals surface area contributed by atoms with Crippen LogP contribution in [0.2, 0.25) is 0 Å². The Kier molecular flexibility index (Phi) is 4.00. The highest BCUT2D eigenvalue weighted by Crippen LogP contribution is 2.43. The zero-order chi connectivity index (χ0) is 18.6. The molecule has 6 heteroatoms. The van der Waals surface area contributed by atoms with Crippen LogP contribution in [0.25, 0.3) is 16.6 Å². The second kappa shape index (κ2) is 5.68. The van der Waals surface area contributed by atoms with Gasteiger partial charge in [0.15, 0.2) is 0 Å². The lowest BCUT2D eigenvalue weighted by atomic mass is 9.96. The van der Waals surface area contributed by atoms with E-state index in [0.717, 1.165) is 16.2 Å². The summed E-state index contributed by atoms with van der Waals surface area (Å²) in [6.45, 7) is 11.4. The predicted molar refractivity (Wildman–Crippen MR) is 97.4 cm³/mol. The SMILES string of the molecule is CC(C)NC(=O)c1cccc2[nH]c(C3=CC(C)(C)N([O])C3(C)C)nc12. The normalized spacial score (nSPS) is 19.4. The molecule has 0 bridgehead atoms. The van der Waals surface area contributed by atoms with E-state index in [0.29, 0.717) is 16.9 Å². The summed E-state index contributed by atoms with van der Waals surface area (Å²) in [5.74, 6) is 0.486. The van der Waals surface area contributed by atoms with Crippen molar-refractivity contribution in [1.82, 2.24) is 20.3 Å². The Labute approximate surface area is 147 Å². The van der Waals surface area contributed by atoms with Gasteiger partial charge in [-0.15, -0.1) is 10.3 Å². The van der Waals surface area contributed by atoms with Crippen LogP contribution in [-0.4, -0.2) is 38.1 Å². The van der Waals surface area contributed by atoms with Crippen molar-refractivity contribution in [1.29, 1.82) is 0 Å². The zero-order valence-corrected chi connectivity index (χ0v) is 15.6. The van der Waals surface area contributed by atoms with E-state index in [4.69, 9.17) is 0 Å². The molecule has 0 spiro atoms. The maximum atomic E-state index is 12.6. The fourth-order valence-electron chi connectivity index (χ4n) is 3.46. The molecule has 0 fully saturated rings. The van der Waals surface area contributed by atoms with Gasteiger partial charge in [0, 0.05) is 11.6 Å². The van der Waals surface area contributed by atoms with Crippen LogP contribution < -0.4 is 5.32 Å². The highest BCUT2D eigenvalue weighted by atomic mass is 16.5. The number of hydrogen-bond acceptors (Lipinski definition) is 3. The van der Waals surface area contributed by atoms with Crippen molar-refractivity contribution < 1.29 is 10.0 Å². The van der Waals surface area contributed by atoms with Gasteiger partial charge in [-0.05, 0) is 53.7 Å². The van der Waals surface area contributed by atoms with Crippen molar-refractivity contribution in [2.45, 2.75) is 58.7 Å². The van der Waals surface area contributed by atoms with E-state index >= 15 is 0 Å². The minimum atomic E-state index is -0.697. The average molecular weight is 341 g/mol. The first-order chi connectivity index (χ1) is 11.5. The van der Waals surface area contributed by atoms with Crippen molar-refractivity contribution in [2.75, 3.05) is 0 Å². The predicted octanol–water partition coefficient (Wildman–Crippen LogP) is 3.30. The van der Waals surface area contributed by atoms with Gasteiger partial charge in [-0.1, -0.05) is 12.1 Å². The van der Waals surface area contributed by atoms with E-state index < -0.39 is 11.1 Å². The molecule has 25 heavy (non-hydrogen) atoms. The number of imidazole rings is 1. The quantitative estimate of drug-likeness (QED) is 0.899. The molecule has 0 saturated carbocycles. The van der Waals surface area contributed by atoms with Crippen LogP contribution in [0.1, 0.15) is 57.7 Å². The third kappa shape index (κ3) is 2.85. The molecule has 6 nitrogen and oxygen atoms in total.